The molecule has 0 saturated heterocycles. The van der Waals surface area contributed by atoms with Crippen LogP contribution < -0.4 is 15.5 Å². The van der Waals surface area contributed by atoms with E-state index in [4.69, 9.17) is 23.2 Å². The van der Waals surface area contributed by atoms with Gasteiger partial charge < -0.3 is 10.6 Å². The minimum Gasteiger partial charge on any atom is -0.357 e. The molecule has 2 N–H and O–H groups in total. The van der Waals surface area contributed by atoms with Crippen molar-refractivity contribution in [2.75, 3.05) is 15.5 Å². The Morgan fingerprint density at radius 3 is 2.56 bits per heavy atom. The SMILES string of the molecule is CC1(C)CC(=O)C2=C(C1)Nc1ccccc1N(C(=O)Nc1ccc(Cl)c(Cl)c1)[C@@H]2c1cccc(Br)c1. The summed E-state index contributed by atoms with van der Waals surface area (Å²) in [5.74, 6) is 0.0267. The van der Waals surface area contributed by atoms with E-state index in [0.29, 0.717) is 39.8 Å². The molecule has 5 rings (SSSR count). The van der Waals surface area contributed by atoms with Crippen LogP contribution in [0.3, 0.4) is 0 Å². The van der Waals surface area contributed by atoms with E-state index < -0.39 is 6.04 Å². The molecule has 0 unspecified atom stereocenters. The van der Waals surface area contributed by atoms with Crippen LogP contribution in [0, 0.1) is 5.41 Å². The van der Waals surface area contributed by atoms with Gasteiger partial charge in [-0.15, -0.1) is 0 Å². The van der Waals surface area contributed by atoms with Crippen molar-refractivity contribution in [3.05, 3.63) is 98.1 Å². The van der Waals surface area contributed by atoms with Gasteiger partial charge in [0.15, 0.2) is 5.78 Å². The first-order valence-corrected chi connectivity index (χ1v) is 13.1. The average Bonchev–Trinajstić information content (AvgIpc) is 2.95. The molecular formula is C28H24BrCl2N3O2. The molecule has 184 valence electrons. The number of fused-ring (bicyclic) bond motifs is 1. The summed E-state index contributed by atoms with van der Waals surface area (Å²) in [4.78, 5) is 29.4. The number of hydrogen-bond acceptors (Lipinski definition) is 3. The highest BCUT2D eigenvalue weighted by Gasteiger charge is 2.43. The highest BCUT2D eigenvalue weighted by atomic mass is 79.9. The van der Waals surface area contributed by atoms with Gasteiger partial charge in [-0.25, -0.2) is 4.79 Å². The second kappa shape index (κ2) is 9.58. The summed E-state index contributed by atoms with van der Waals surface area (Å²) in [7, 11) is 0. The van der Waals surface area contributed by atoms with Crippen molar-refractivity contribution in [2.24, 2.45) is 5.41 Å². The Balaban J connectivity index is 1.71. The van der Waals surface area contributed by atoms with Crippen LogP contribution in [0.4, 0.5) is 21.9 Å². The fourth-order valence-corrected chi connectivity index (χ4v) is 5.68. The molecule has 0 spiro atoms. The lowest BCUT2D eigenvalue weighted by Crippen LogP contribution is -2.41. The van der Waals surface area contributed by atoms with E-state index in [9.17, 15) is 9.59 Å². The van der Waals surface area contributed by atoms with E-state index in [1.807, 2.05) is 48.5 Å². The molecule has 3 aromatic carbocycles. The molecule has 1 atom stereocenters. The largest absolute Gasteiger partial charge is 0.357 e. The van der Waals surface area contributed by atoms with Crippen molar-refractivity contribution in [3.8, 4) is 0 Å². The van der Waals surface area contributed by atoms with Crippen molar-refractivity contribution in [2.45, 2.75) is 32.7 Å². The fourth-order valence-electron chi connectivity index (χ4n) is 4.96. The quantitative estimate of drug-likeness (QED) is 0.317. The summed E-state index contributed by atoms with van der Waals surface area (Å²) in [5.41, 5.74) is 4.01. The molecule has 0 aromatic heterocycles. The predicted molar refractivity (Wildman–Crippen MR) is 150 cm³/mol. The second-order valence-electron chi connectivity index (χ2n) is 9.86. The summed E-state index contributed by atoms with van der Waals surface area (Å²) in [6, 6.07) is 19.3. The number of amides is 2. The minimum atomic E-state index is -0.639. The van der Waals surface area contributed by atoms with E-state index >= 15 is 0 Å². The molecule has 2 aliphatic rings. The summed E-state index contributed by atoms with van der Waals surface area (Å²) in [5, 5.41) is 7.21. The third kappa shape index (κ3) is 4.77. The van der Waals surface area contributed by atoms with E-state index in [0.717, 1.165) is 21.4 Å². The minimum absolute atomic E-state index is 0.0267. The van der Waals surface area contributed by atoms with Crippen molar-refractivity contribution in [3.63, 3.8) is 0 Å². The summed E-state index contributed by atoms with van der Waals surface area (Å²) >= 11 is 15.8. The number of benzene rings is 3. The highest BCUT2D eigenvalue weighted by Crippen LogP contribution is 2.48. The van der Waals surface area contributed by atoms with E-state index in [1.165, 1.54) is 0 Å². The Bertz CT molecular complexity index is 1420. The van der Waals surface area contributed by atoms with Gasteiger partial charge in [0.2, 0.25) is 0 Å². The Morgan fingerprint density at radius 2 is 1.81 bits per heavy atom. The first kappa shape index (κ1) is 24.9. The third-order valence-electron chi connectivity index (χ3n) is 6.45. The van der Waals surface area contributed by atoms with Crippen LogP contribution in [-0.2, 0) is 4.79 Å². The van der Waals surface area contributed by atoms with Crippen LogP contribution in [0.15, 0.2) is 82.5 Å². The Labute approximate surface area is 228 Å². The number of para-hydroxylation sites is 2. The monoisotopic (exact) mass is 583 g/mol. The van der Waals surface area contributed by atoms with Crippen LogP contribution in [0.5, 0.6) is 0 Å². The number of carbonyl (C=O) groups is 2. The molecule has 1 aliphatic heterocycles. The van der Waals surface area contributed by atoms with E-state index in [2.05, 4.69) is 40.4 Å². The maximum atomic E-state index is 14.0. The number of halogens is 3. The van der Waals surface area contributed by atoms with Crippen molar-refractivity contribution in [1.29, 1.82) is 0 Å². The lowest BCUT2D eigenvalue weighted by Gasteiger charge is -2.37. The van der Waals surface area contributed by atoms with Crippen LogP contribution in [-0.4, -0.2) is 11.8 Å². The van der Waals surface area contributed by atoms with Crippen LogP contribution in [0.2, 0.25) is 10.0 Å². The number of carbonyl (C=O) groups excluding carboxylic acids is 2. The molecule has 0 radical (unpaired) electrons. The van der Waals surface area contributed by atoms with Crippen LogP contribution >= 0.6 is 39.1 Å². The molecule has 36 heavy (non-hydrogen) atoms. The van der Waals surface area contributed by atoms with Gasteiger partial charge in [-0.2, -0.15) is 0 Å². The summed E-state index contributed by atoms with van der Waals surface area (Å²) < 4.78 is 0.862. The van der Waals surface area contributed by atoms with Crippen LogP contribution in [0.1, 0.15) is 38.3 Å². The number of nitrogens with zero attached hydrogens (tertiary/aromatic N) is 1. The molecular weight excluding hydrogens is 561 g/mol. The molecule has 0 fully saturated rings. The Kier molecular flexibility index (Phi) is 6.62. The number of allylic oxidation sites excluding steroid dienone is 1. The van der Waals surface area contributed by atoms with Crippen molar-refractivity contribution < 1.29 is 9.59 Å². The van der Waals surface area contributed by atoms with Gasteiger partial charge in [0.05, 0.1) is 27.5 Å². The number of nitrogens with one attached hydrogen (secondary N) is 2. The fraction of sp³-hybridized carbons (Fsp3) is 0.214. The topological polar surface area (TPSA) is 61.4 Å². The summed E-state index contributed by atoms with van der Waals surface area (Å²) in [6.45, 7) is 4.19. The number of ketones is 1. The molecule has 5 nitrogen and oxygen atoms in total. The summed E-state index contributed by atoms with van der Waals surface area (Å²) in [6.07, 6.45) is 1.09. The van der Waals surface area contributed by atoms with Gasteiger partial charge in [-0.05, 0) is 59.9 Å². The van der Waals surface area contributed by atoms with Gasteiger partial charge in [0.1, 0.15) is 0 Å². The van der Waals surface area contributed by atoms with E-state index in [-0.39, 0.29) is 17.2 Å². The molecule has 1 heterocycles. The predicted octanol–water partition coefficient (Wildman–Crippen LogP) is 8.60. The molecule has 0 bridgehead atoms. The van der Waals surface area contributed by atoms with Gasteiger partial charge in [0.25, 0.3) is 0 Å². The maximum absolute atomic E-state index is 14.0. The third-order valence-corrected chi connectivity index (χ3v) is 7.69. The normalized spacial score (nSPS) is 18.6. The zero-order chi connectivity index (χ0) is 25.6. The second-order valence-corrected chi connectivity index (χ2v) is 11.6. The lowest BCUT2D eigenvalue weighted by molar-refractivity contribution is -0.118. The van der Waals surface area contributed by atoms with E-state index in [1.54, 1.807) is 23.1 Å². The molecule has 1 aliphatic carbocycles. The molecule has 0 saturated carbocycles. The number of Topliss-reactive ketones (excluding diaryl/α,β-unsaturated/α-hetero) is 1. The molecule has 8 heteroatoms. The van der Waals surface area contributed by atoms with Gasteiger partial charge >= 0.3 is 6.03 Å². The first-order chi connectivity index (χ1) is 17.1. The lowest BCUT2D eigenvalue weighted by atomic mass is 9.73. The van der Waals surface area contributed by atoms with Crippen LogP contribution in [0.25, 0.3) is 0 Å². The maximum Gasteiger partial charge on any atom is 0.327 e. The zero-order valence-corrected chi connectivity index (χ0v) is 22.8. The first-order valence-electron chi connectivity index (χ1n) is 11.6. The van der Waals surface area contributed by atoms with Crippen molar-refractivity contribution in [1.82, 2.24) is 0 Å². The van der Waals surface area contributed by atoms with Gasteiger partial charge in [-0.3, -0.25) is 9.69 Å². The number of anilines is 3. The number of urea groups is 1. The number of rotatable bonds is 2. The molecule has 3 aromatic rings. The zero-order valence-electron chi connectivity index (χ0n) is 19.7. The Morgan fingerprint density at radius 1 is 1.03 bits per heavy atom. The van der Waals surface area contributed by atoms with Gasteiger partial charge in [0, 0.05) is 27.9 Å². The van der Waals surface area contributed by atoms with Crippen molar-refractivity contribution >= 4 is 68.0 Å². The standard InChI is InChI=1S/C28H24BrCl2N3O2/c1-28(2)14-22-25(24(35)15-28)26(16-6-5-7-17(29)12-16)34(23-9-4-3-8-21(23)33-22)27(36)32-18-10-11-19(30)20(31)13-18/h3-13,26,33H,14-15H2,1-2H3,(H,32,36)/t26-/m1/s1. The highest BCUT2D eigenvalue weighted by molar-refractivity contribution is 9.10. The number of hydrogen-bond donors (Lipinski definition) is 2. The van der Waals surface area contributed by atoms with Gasteiger partial charge in [-0.1, -0.05) is 77.2 Å². The molecule has 2 amide bonds. The Hall–Kier alpha value is -2.80. The average molecular weight is 585 g/mol. The smallest absolute Gasteiger partial charge is 0.327 e.